The first kappa shape index (κ1) is 21.1. The van der Waals surface area contributed by atoms with Crippen molar-refractivity contribution in [2.24, 2.45) is 0 Å². The van der Waals surface area contributed by atoms with Gasteiger partial charge in [0, 0.05) is 5.92 Å². The van der Waals surface area contributed by atoms with Gasteiger partial charge in [-0.1, -0.05) is 48.5 Å². The molecule has 0 saturated carbocycles. The zero-order chi connectivity index (χ0) is 22.7. The summed E-state index contributed by atoms with van der Waals surface area (Å²) in [5, 5.41) is 14.0. The van der Waals surface area contributed by atoms with Crippen molar-refractivity contribution in [1.82, 2.24) is 15.6 Å². The third-order valence-corrected chi connectivity index (χ3v) is 5.34. The number of hydrogen-bond donors (Lipinski definition) is 3. The van der Waals surface area contributed by atoms with Gasteiger partial charge in [0.05, 0.1) is 6.54 Å². The first-order chi connectivity index (χ1) is 15.5. The molecule has 0 saturated heterocycles. The standard InChI is InChI=1S/C23H21N3O6/c1-13(21(27)24-10-19-20(22(28)29)25-12-32-19)26-23(30)31-11-18-16-8-4-2-6-14(16)15-7-3-5-9-17(15)18/h2-9,12-13,18H,10-11H2,1H3,(H,24,27)(H,26,30)(H,28,29)/t13-/m1/s1. The van der Waals surface area contributed by atoms with Crippen LogP contribution in [0.1, 0.15) is 40.2 Å². The van der Waals surface area contributed by atoms with Crippen LogP contribution in [0.5, 0.6) is 0 Å². The molecule has 0 radical (unpaired) electrons. The molecular formula is C23H21N3O6. The number of nitrogens with one attached hydrogen (secondary N) is 2. The highest BCUT2D eigenvalue weighted by atomic mass is 16.5. The van der Waals surface area contributed by atoms with Gasteiger partial charge in [-0.25, -0.2) is 14.6 Å². The fraction of sp³-hybridized carbons (Fsp3) is 0.217. The molecule has 4 rings (SSSR count). The van der Waals surface area contributed by atoms with Crippen LogP contribution >= 0.6 is 0 Å². The lowest BCUT2D eigenvalue weighted by Crippen LogP contribution is -2.45. The number of benzene rings is 2. The smallest absolute Gasteiger partial charge is 0.407 e. The molecule has 1 heterocycles. The van der Waals surface area contributed by atoms with Gasteiger partial charge in [0.25, 0.3) is 0 Å². The molecule has 3 N–H and O–H groups in total. The van der Waals surface area contributed by atoms with Gasteiger partial charge >= 0.3 is 12.1 Å². The van der Waals surface area contributed by atoms with Crippen molar-refractivity contribution >= 4 is 18.0 Å². The Balaban J connectivity index is 1.32. The third-order valence-electron chi connectivity index (χ3n) is 5.34. The van der Waals surface area contributed by atoms with Crippen LogP contribution in [0.15, 0.2) is 59.3 Å². The number of aromatic carboxylic acids is 1. The molecule has 3 aromatic rings. The summed E-state index contributed by atoms with van der Waals surface area (Å²) in [5.41, 5.74) is 4.15. The van der Waals surface area contributed by atoms with Crippen molar-refractivity contribution in [3.8, 4) is 11.1 Å². The Labute approximate surface area is 183 Å². The first-order valence-electron chi connectivity index (χ1n) is 10.0. The van der Waals surface area contributed by atoms with Crippen molar-refractivity contribution in [2.45, 2.75) is 25.4 Å². The highest BCUT2D eigenvalue weighted by Gasteiger charge is 2.29. The molecule has 1 aliphatic carbocycles. The highest BCUT2D eigenvalue weighted by molar-refractivity contribution is 5.87. The fourth-order valence-electron chi connectivity index (χ4n) is 3.77. The van der Waals surface area contributed by atoms with E-state index < -0.39 is 24.0 Å². The molecule has 0 spiro atoms. The number of oxazole rings is 1. The Bertz CT molecular complexity index is 1130. The van der Waals surface area contributed by atoms with E-state index in [4.69, 9.17) is 14.3 Å². The first-order valence-corrected chi connectivity index (χ1v) is 10.0. The van der Waals surface area contributed by atoms with E-state index in [9.17, 15) is 14.4 Å². The fourth-order valence-corrected chi connectivity index (χ4v) is 3.77. The van der Waals surface area contributed by atoms with Gasteiger partial charge in [0.2, 0.25) is 5.91 Å². The zero-order valence-electron chi connectivity index (χ0n) is 17.2. The molecule has 0 unspecified atom stereocenters. The molecule has 2 aromatic carbocycles. The molecule has 0 fully saturated rings. The molecule has 2 amide bonds. The van der Waals surface area contributed by atoms with Crippen molar-refractivity contribution in [3.05, 3.63) is 77.5 Å². The summed E-state index contributed by atoms with van der Waals surface area (Å²) in [4.78, 5) is 39.2. The molecule has 0 aliphatic heterocycles. The van der Waals surface area contributed by atoms with E-state index in [-0.39, 0.29) is 30.5 Å². The van der Waals surface area contributed by atoms with Gasteiger partial charge in [-0.05, 0) is 29.2 Å². The van der Waals surface area contributed by atoms with E-state index in [1.807, 2.05) is 48.5 Å². The Morgan fingerprint density at radius 2 is 1.72 bits per heavy atom. The lowest BCUT2D eigenvalue weighted by Gasteiger charge is -2.17. The van der Waals surface area contributed by atoms with Crippen LogP contribution < -0.4 is 10.6 Å². The number of aromatic nitrogens is 1. The summed E-state index contributed by atoms with van der Waals surface area (Å²) in [7, 11) is 0. The molecular weight excluding hydrogens is 414 g/mol. The zero-order valence-corrected chi connectivity index (χ0v) is 17.2. The number of carbonyl (C=O) groups excluding carboxylic acids is 2. The summed E-state index contributed by atoms with van der Waals surface area (Å²) in [6.45, 7) is 1.46. The minimum absolute atomic E-state index is 0.0131. The molecule has 9 nitrogen and oxygen atoms in total. The van der Waals surface area contributed by atoms with Crippen LogP contribution in [0.2, 0.25) is 0 Å². The highest BCUT2D eigenvalue weighted by Crippen LogP contribution is 2.44. The number of fused-ring (bicyclic) bond motifs is 3. The molecule has 1 aliphatic rings. The molecule has 32 heavy (non-hydrogen) atoms. The Morgan fingerprint density at radius 1 is 1.09 bits per heavy atom. The predicted octanol–water partition coefficient (Wildman–Crippen LogP) is 2.92. The van der Waals surface area contributed by atoms with E-state index >= 15 is 0 Å². The van der Waals surface area contributed by atoms with E-state index in [0.29, 0.717) is 0 Å². The van der Waals surface area contributed by atoms with Gasteiger partial charge in [0.15, 0.2) is 17.8 Å². The number of amides is 2. The molecule has 1 atom stereocenters. The second-order valence-corrected chi connectivity index (χ2v) is 7.34. The SMILES string of the molecule is C[C@@H](NC(=O)OCC1c2ccccc2-c2ccccc21)C(=O)NCc1ocnc1C(=O)O. The number of carboxylic acids is 1. The third kappa shape index (κ3) is 4.18. The average molecular weight is 435 g/mol. The number of ether oxygens (including phenoxy) is 1. The lowest BCUT2D eigenvalue weighted by atomic mass is 9.98. The second kappa shape index (κ2) is 8.93. The molecule has 1 aromatic heterocycles. The lowest BCUT2D eigenvalue weighted by molar-refractivity contribution is -0.122. The van der Waals surface area contributed by atoms with Crippen LogP contribution in [-0.4, -0.2) is 40.7 Å². The van der Waals surface area contributed by atoms with E-state index in [1.54, 1.807) is 0 Å². The Kier molecular flexibility index (Phi) is 5.89. The van der Waals surface area contributed by atoms with Crippen LogP contribution in [0.4, 0.5) is 4.79 Å². The summed E-state index contributed by atoms with van der Waals surface area (Å²) < 4.78 is 10.4. The number of hydrogen-bond acceptors (Lipinski definition) is 6. The maximum absolute atomic E-state index is 12.3. The van der Waals surface area contributed by atoms with Crippen LogP contribution in [0, 0.1) is 0 Å². The van der Waals surface area contributed by atoms with Crippen LogP contribution in [0.25, 0.3) is 11.1 Å². The maximum atomic E-state index is 12.3. The average Bonchev–Trinajstić information content (AvgIpc) is 3.39. The minimum atomic E-state index is -1.26. The molecule has 0 bridgehead atoms. The van der Waals surface area contributed by atoms with Crippen molar-refractivity contribution in [3.63, 3.8) is 0 Å². The van der Waals surface area contributed by atoms with Gasteiger partial charge in [-0.15, -0.1) is 0 Å². The second-order valence-electron chi connectivity index (χ2n) is 7.34. The van der Waals surface area contributed by atoms with Gasteiger partial charge in [-0.3, -0.25) is 4.79 Å². The number of carboxylic acid groups (broad SMARTS) is 1. The predicted molar refractivity (Wildman–Crippen MR) is 113 cm³/mol. The number of carbonyl (C=O) groups is 3. The topological polar surface area (TPSA) is 131 Å². The van der Waals surface area contributed by atoms with E-state index in [2.05, 4.69) is 15.6 Å². The van der Waals surface area contributed by atoms with Gasteiger partial charge in [0.1, 0.15) is 12.6 Å². The van der Waals surface area contributed by atoms with Gasteiger partial charge < -0.3 is 24.9 Å². The Hall–Kier alpha value is -4.14. The van der Waals surface area contributed by atoms with Crippen LogP contribution in [0.3, 0.4) is 0 Å². The maximum Gasteiger partial charge on any atom is 0.407 e. The monoisotopic (exact) mass is 435 g/mol. The number of alkyl carbamates (subject to hydrolysis) is 1. The van der Waals surface area contributed by atoms with E-state index in [0.717, 1.165) is 28.6 Å². The van der Waals surface area contributed by atoms with Gasteiger partial charge in [-0.2, -0.15) is 0 Å². The molecule has 9 heteroatoms. The largest absolute Gasteiger partial charge is 0.476 e. The minimum Gasteiger partial charge on any atom is -0.476 e. The quantitative estimate of drug-likeness (QED) is 0.520. The van der Waals surface area contributed by atoms with E-state index in [1.165, 1.54) is 6.92 Å². The summed E-state index contributed by atoms with van der Waals surface area (Å²) in [6.07, 6.45) is 0.268. The summed E-state index contributed by atoms with van der Waals surface area (Å²) in [5.74, 6) is -1.85. The van der Waals surface area contributed by atoms with Crippen LogP contribution in [-0.2, 0) is 16.1 Å². The number of nitrogens with zero attached hydrogens (tertiary/aromatic N) is 1. The van der Waals surface area contributed by atoms with Crippen molar-refractivity contribution in [1.29, 1.82) is 0 Å². The summed E-state index contributed by atoms with van der Waals surface area (Å²) >= 11 is 0. The normalized spacial score (nSPS) is 13.0. The summed E-state index contributed by atoms with van der Waals surface area (Å²) in [6, 6.07) is 15.1. The molecule has 164 valence electrons. The number of rotatable bonds is 7. The Morgan fingerprint density at radius 3 is 2.34 bits per heavy atom. The van der Waals surface area contributed by atoms with Crippen molar-refractivity contribution in [2.75, 3.05) is 6.61 Å². The van der Waals surface area contributed by atoms with Crippen molar-refractivity contribution < 1.29 is 28.6 Å².